The van der Waals surface area contributed by atoms with Crippen molar-refractivity contribution in [2.24, 2.45) is 0 Å². The van der Waals surface area contributed by atoms with Crippen LogP contribution in [0.25, 0.3) is 11.1 Å². The van der Waals surface area contributed by atoms with Gasteiger partial charge in [-0.2, -0.15) is 10.1 Å². The molecule has 0 aliphatic rings. The zero-order valence-corrected chi connectivity index (χ0v) is 11.8. The first-order valence-electron chi connectivity index (χ1n) is 6.50. The average Bonchev–Trinajstić information content (AvgIpc) is 3.08. The number of pyridine rings is 1. The molecule has 0 aliphatic carbocycles. The second kappa shape index (κ2) is 4.97. The first-order chi connectivity index (χ1) is 10.1. The van der Waals surface area contributed by atoms with Crippen LogP contribution in [0.2, 0.25) is 0 Å². The Labute approximate surface area is 120 Å². The number of aromatic nitrogens is 5. The summed E-state index contributed by atoms with van der Waals surface area (Å²) in [5, 5.41) is 13.4. The van der Waals surface area contributed by atoms with Crippen molar-refractivity contribution in [1.82, 2.24) is 25.3 Å². The maximum absolute atomic E-state index is 12.5. The summed E-state index contributed by atoms with van der Waals surface area (Å²) >= 11 is 0. The largest absolute Gasteiger partial charge is 0.336 e. The molecule has 0 bridgehead atoms. The van der Waals surface area contributed by atoms with Gasteiger partial charge in [-0.3, -0.25) is 10.1 Å². The highest BCUT2D eigenvalue weighted by molar-refractivity contribution is 6.11. The number of fused-ring (bicyclic) bond motifs is 1. The number of amides is 1. The fourth-order valence-electron chi connectivity index (χ4n) is 2.03. The van der Waals surface area contributed by atoms with Crippen molar-refractivity contribution in [1.29, 1.82) is 0 Å². The summed E-state index contributed by atoms with van der Waals surface area (Å²) in [5.74, 6) is 0.133. The number of carbonyl (C=O) groups is 1. The first-order valence-corrected chi connectivity index (χ1v) is 6.50. The minimum atomic E-state index is -0.313. The molecule has 8 nitrogen and oxygen atoms in total. The summed E-state index contributed by atoms with van der Waals surface area (Å²) in [6, 6.07) is 1.75. The number of rotatable bonds is 3. The topological polar surface area (TPSA) is 110 Å². The number of nitrogens with one attached hydrogen (secondary N) is 2. The Balaban J connectivity index is 2.10. The van der Waals surface area contributed by atoms with Crippen LogP contribution >= 0.6 is 0 Å². The van der Waals surface area contributed by atoms with Gasteiger partial charge in [0.05, 0.1) is 16.6 Å². The highest BCUT2D eigenvalue weighted by Crippen LogP contribution is 2.25. The van der Waals surface area contributed by atoms with Crippen LogP contribution in [-0.4, -0.2) is 31.2 Å². The van der Waals surface area contributed by atoms with E-state index in [-0.39, 0.29) is 17.8 Å². The molecule has 3 aromatic rings. The molecular weight excluding hydrogens is 272 g/mol. The fourth-order valence-corrected chi connectivity index (χ4v) is 2.03. The summed E-state index contributed by atoms with van der Waals surface area (Å²) in [5.41, 5.74) is 2.21. The van der Waals surface area contributed by atoms with Gasteiger partial charge in [0.15, 0.2) is 0 Å². The summed E-state index contributed by atoms with van der Waals surface area (Å²) in [6.07, 6.45) is 1.32. The van der Waals surface area contributed by atoms with Gasteiger partial charge in [0.1, 0.15) is 6.33 Å². The van der Waals surface area contributed by atoms with E-state index in [9.17, 15) is 4.79 Å². The second-order valence-electron chi connectivity index (χ2n) is 4.99. The van der Waals surface area contributed by atoms with Gasteiger partial charge >= 0.3 is 0 Å². The molecule has 3 heterocycles. The van der Waals surface area contributed by atoms with Gasteiger partial charge < -0.3 is 4.52 Å². The van der Waals surface area contributed by atoms with Crippen molar-refractivity contribution in [3.63, 3.8) is 0 Å². The Hall–Kier alpha value is -2.77. The molecule has 2 N–H and O–H groups in total. The fraction of sp³-hybridized carbons (Fsp3) is 0.308. The second-order valence-corrected chi connectivity index (χ2v) is 4.99. The monoisotopic (exact) mass is 286 g/mol. The zero-order valence-electron chi connectivity index (χ0n) is 11.8. The van der Waals surface area contributed by atoms with Crippen molar-refractivity contribution in [2.45, 2.75) is 26.7 Å². The van der Waals surface area contributed by atoms with Gasteiger partial charge in [-0.25, -0.2) is 10.1 Å². The number of anilines is 1. The van der Waals surface area contributed by atoms with Gasteiger partial charge in [0, 0.05) is 5.69 Å². The lowest BCUT2D eigenvalue weighted by Gasteiger charge is -2.08. The van der Waals surface area contributed by atoms with Crippen LogP contribution in [0.1, 0.15) is 41.5 Å². The number of H-pyrrole nitrogens is 1. The molecule has 0 saturated heterocycles. The van der Waals surface area contributed by atoms with Crippen LogP contribution in [-0.2, 0) is 0 Å². The lowest BCUT2D eigenvalue weighted by molar-refractivity contribution is 0.102. The Morgan fingerprint density at radius 2 is 2.24 bits per heavy atom. The van der Waals surface area contributed by atoms with Crippen LogP contribution in [0, 0.1) is 6.92 Å². The third-order valence-electron chi connectivity index (χ3n) is 3.12. The molecule has 3 rings (SSSR count). The van der Waals surface area contributed by atoms with Gasteiger partial charge in [0.2, 0.25) is 5.95 Å². The molecule has 21 heavy (non-hydrogen) atoms. The molecule has 0 aliphatic heterocycles. The van der Waals surface area contributed by atoms with Crippen molar-refractivity contribution in [3.05, 3.63) is 29.3 Å². The molecule has 0 radical (unpaired) electrons. The van der Waals surface area contributed by atoms with E-state index in [1.54, 1.807) is 13.0 Å². The normalized spacial score (nSPS) is 11.2. The molecule has 0 saturated carbocycles. The van der Waals surface area contributed by atoms with E-state index in [0.29, 0.717) is 22.4 Å². The van der Waals surface area contributed by atoms with E-state index in [1.807, 2.05) is 13.8 Å². The smallest absolute Gasteiger partial charge is 0.259 e. The van der Waals surface area contributed by atoms with Crippen LogP contribution in [0.4, 0.5) is 5.95 Å². The van der Waals surface area contributed by atoms with Crippen LogP contribution in [0.5, 0.6) is 0 Å². The van der Waals surface area contributed by atoms with Crippen LogP contribution < -0.4 is 5.32 Å². The SMILES string of the molecule is Cc1noc2nc(C(C)C)cc(C(=O)Nc3ncn[nH]3)c12. The first kappa shape index (κ1) is 13.2. The minimum absolute atomic E-state index is 0.164. The van der Waals surface area contributed by atoms with Gasteiger partial charge in [-0.15, -0.1) is 0 Å². The van der Waals surface area contributed by atoms with Gasteiger partial charge in [-0.1, -0.05) is 19.0 Å². The van der Waals surface area contributed by atoms with Crippen molar-refractivity contribution in [2.75, 3.05) is 5.32 Å². The molecule has 108 valence electrons. The minimum Gasteiger partial charge on any atom is -0.336 e. The highest BCUT2D eigenvalue weighted by atomic mass is 16.5. The highest BCUT2D eigenvalue weighted by Gasteiger charge is 2.20. The number of hydrogen-bond donors (Lipinski definition) is 2. The molecule has 0 fully saturated rings. The van der Waals surface area contributed by atoms with Crippen LogP contribution in [0.15, 0.2) is 16.9 Å². The third kappa shape index (κ3) is 2.35. The molecule has 1 amide bonds. The lowest BCUT2D eigenvalue weighted by Crippen LogP contribution is -2.14. The average molecular weight is 286 g/mol. The molecule has 0 spiro atoms. The van der Waals surface area contributed by atoms with Crippen molar-refractivity contribution < 1.29 is 9.32 Å². The zero-order chi connectivity index (χ0) is 15.0. The molecule has 0 aromatic carbocycles. The number of aryl methyl sites for hydroxylation is 1. The van der Waals surface area contributed by atoms with E-state index < -0.39 is 0 Å². The van der Waals surface area contributed by atoms with E-state index in [0.717, 1.165) is 5.69 Å². The maximum Gasteiger partial charge on any atom is 0.259 e. The Morgan fingerprint density at radius 3 is 2.90 bits per heavy atom. The molecule has 3 aromatic heterocycles. The van der Waals surface area contributed by atoms with E-state index >= 15 is 0 Å². The quantitative estimate of drug-likeness (QED) is 0.762. The Bertz CT molecular complexity index is 790. The third-order valence-corrected chi connectivity index (χ3v) is 3.12. The Kier molecular flexibility index (Phi) is 3.13. The van der Waals surface area contributed by atoms with Crippen molar-refractivity contribution >= 4 is 23.0 Å². The van der Waals surface area contributed by atoms with Gasteiger partial charge in [0.25, 0.3) is 11.6 Å². The summed E-state index contributed by atoms with van der Waals surface area (Å²) in [7, 11) is 0. The Morgan fingerprint density at radius 1 is 1.43 bits per heavy atom. The molecular formula is C13H14N6O2. The van der Waals surface area contributed by atoms with Gasteiger partial charge in [-0.05, 0) is 18.9 Å². The van der Waals surface area contributed by atoms with E-state index in [4.69, 9.17) is 4.52 Å². The summed E-state index contributed by atoms with van der Waals surface area (Å²) in [4.78, 5) is 20.7. The standard InChI is InChI=1S/C13H14N6O2/c1-6(2)9-4-8(10-7(3)19-21-12(10)16-9)11(20)17-13-14-5-15-18-13/h4-6H,1-3H3,(H2,14,15,17,18,20). The lowest BCUT2D eigenvalue weighted by atomic mass is 10.0. The molecule has 0 unspecified atom stereocenters. The maximum atomic E-state index is 12.5. The molecule has 0 atom stereocenters. The van der Waals surface area contributed by atoms with E-state index in [2.05, 4.69) is 30.6 Å². The number of hydrogen-bond acceptors (Lipinski definition) is 6. The van der Waals surface area contributed by atoms with E-state index in [1.165, 1.54) is 6.33 Å². The van der Waals surface area contributed by atoms with Crippen molar-refractivity contribution in [3.8, 4) is 0 Å². The number of aromatic amines is 1. The summed E-state index contributed by atoms with van der Waals surface area (Å²) < 4.78 is 5.19. The van der Waals surface area contributed by atoms with Crippen LogP contribution in [0.3, 0.4) is 0 Å². The predicted molar refractivity (Wildman–Crippen MR) is 75.0 cm³/mol. The molecule has 8 heteroatoms. The number of carbonyl (C=O) groups excluding carboxylic acids is 1. The predicted octanol–water partition coefficient (Wildman–Crippen LogP) is 2.03. The number of nitrogens with zero attached hydrogens (tertiary/aromatic N) is 4. The summed E-state index contributed by atoms with van der Waals surface area (Å²) in [6.45, 7) is 5.76.